The van der Waals surface area contributed by atoms with Gasteiger partial charge in [0.15, 0.2) is 0 Å². The molecule has 0 saturated carbocycles. The molecule has 3 rings (SSSR count). The summed E-state index contributed by atoms with van der Waals surface area (Å²) in [6, 6.07) is 8.34. The standard InChI is InChI=1S/C24H28F3N7O2S/c1-6-33(3)22(35)16-10-9-15(2)19(12-16)31-23-30-14-18(24(25,26)27)20(32-23)29-13-17-8-7-11-28-21(17)34(4)37(5)36/h7-12,14H,6,13H2,1-5H3,(H2,29,30,31,32). The van der Waals surface area contributed by atoms with Crippen molar-refractivity contribution in [1.29, 1.82) is 0 Å². The summed E-state index contributed by atoms with van der Waals surface area (Å²) < 4.78 is 54.5. The van der Waals surface area contributed by atoms with Crippen molar-refractivity contribution < 1.29 is 22.2 Å². The number of amides is 1. The molecule has 0 spiro atoms. The highest BCUT2D eigenvalue weighted by atomic mass is 32.2. The van der Waals surface area contributed by atoms with E-state index in [0.29, 0.717) is 35.4 Å². The van der Waals surface area contributed by atoms with Gasteiger partial charge in [0.25, 0.3) is 5.91 Å². The van der Waals surface area contributed by atoms with Crippen LogP contribution >= 0.6 is 0 Å². The quantitative estimate of drug-likeness (QED) is 0.419. The second kappa shape index (κ2) is 11.5. The molecule has 0 fully saturated rings. The van der Waals surface area contributed by atoms with Crippen LogP contribution in [-0.4, -0.2) is 56.9 Å². The molecule has 0 aliphatic carbocycles. The third-order valence-corrected chi connectivity index (χ3v) is 6.59. The molecule has 198 valence electrons. The number of halogens is 3. The van der Waals surface area contributed by atoms with Gasteiger partial charge in [-0.25, -0.2) is 14.2 Å². The van der Waals surface area contributed by atoms with Gasteiger partial charge in [-0.2, -0.15) is 18.2 Å². The molecule has 0 radical (unpaired) electrons. The Balaban J connectivity index is 1.93. The van der Waals surface area contributed by atoms with Crippen molar-refractivity contribution in [2.45, 2.75) is 26.6 Å². The number of hydrogen-bond donors (Lipinski definition) is 2. The molecule has 37 heavy (non-hydrogen) atoms. The van der Waals surface area contributed by atoms with Crippen LogP contribution in [0.5, 0.6) is 0 Å². The molecule has 0 bridgehead atoms. The van der Waals surface area contributed by atoms with E-state index in [1.807, 2.05) is 6.92 Å². The smallest absolute Gasteiger partial charge is 0.365 e. The van der Waals surface area contributed by atoms with E-state index in [0.717, 1.165) is 5.56 Å². The van der Waals surface area contributed by atoms with Crippen LogP contribution in [0.15, 0.2) is 42.7 Å². The first-order valence-corrected chi connectivity index (χ1v) is 12.8. The number of rotatable bonds is 9. The fraction of sp³-hybridized carbons (Fsp3) is 0.333. The minimum atomic E-state index is -4.70. The Morgan fingerprint density at radius 3 is 2.54 bits per heavy atom. The van der Waals surface area contributed by atoms with Gasteiger partial charge in [0, 0.05) is 62.6 Å². The Morgan fingerprint density at radius 1 is 1.16 bits per heavy atom. The lowest BCUT2D eigenvalue weighted by atomic mass is 10.1. The second-order valence-electron chi connectivity index (χ2n) is 8.19. The van der Waals surface area contributed by atoms with Gasteiger partial charge in [0.05, 0.1) is 0 Å². The number of alkyl halides is 3. The first-order chi connectivity index (χ1) is 17.4. The highest BCUT2D eigenvalue weighted by Crippen LogP contribution is 2.35. The monoisotopic (exact) mass is 535 g/mol. The van der Waals surface area contributed by atoms with Crippen molar-refractivity contribution in [3.8, 4) is 0 Å². The summed E-state index contributed by atoms with van der Waals surface area (Å²) in [5.74, 6) is -0.335. The van der Waals surface area contributed by atoms with E-state index in [9.17, 15) is 22.2 Å². The van der Waals surface area contributed by atoms with E-state index in [1.54, 1.807) is 56.3 Å². The summed E-state index contributed by atoms with van der Waals surface area (Å²) in [6.07, 6.45) is -1.02. The van der Waals surface area contributed by atoms with Gasteiger partial charge >= 0.3 is 6.18 Å². The van der Waals surface area contributed by atoms with Crippen LogP contribution in [0, 0.1) is 6.92 Å². The lowest BCUT2D eigenvalue weighted by Gasteiger charge is -2.19. The lowest BCUT2D eigenvalue weighted by molar-refractivity contribution is -0.137. The van der Waals surface area contributed by atoms with Crippen molar-refractivity contribution >= 4 is 40.2 Å². The Labute approximate surface area is 215 Å². The van der Waals surface area contributed by atoms with Crippen molar-refractivity contribution in [2.24, 2.45) is 0 Å². The normalized spacial score (nSPS) is 12.1. The molecule has 0 saturated heterocycles. The summed E-state index contributed by atoms with van der Waals surface area (Å²) in [4.78, 5) is 26.2. The molecular weight excluding hydrogens is 507 g/mol. The highest BCUT2D eigenvalue weighted by Gasteiger charge is 2.35. The average Bonchev–Trinajstić information content (AvgIpc) is 2.86. The zero-order valence-electron chi connectivity index (χ0n) is 21.1. The molecule has 1 amide bonds. The average molecular weight is 536 g/mol. The van der Waals surface area contributed by atoms with Crippen molar-refractivity contribution in [3.05, 3.63) is 65.0 Å². The molecule has 1 unspecified atom stereocenters. The van der Waals surface area contributed by atoms with Crippen LogP contribution < -0.4 is 14.9 Å². The number of nitrogens with zero attached hydrogens (tertiary/aromatic N) is 5. The van der Waals surface area contributed by atoms with Gasteiger partial charge in [-0.15, -0.1) is 0 Å². The van der Waals surface area contributed by atoms with Crippen LogP contribution in [0.25, 0.3) is 0 Å². The molecule has 1 atom stereocenters. The number of nitrogens with one attached hydrogen (secondary N) is 2. The number of aromatic nitrogens is 3. The minimum absolute atomic E-state index is 0.0589. The Morgan fingerprint density at radius 2 is 1.89 bits per heavy atom. The topological polar surface area (TPSA) is 103 Å². The van der Waals surface area contributed by atoms with Crippen LogP contribution in [0.3, 0.4) is 0 Å². The van der Waals surface area contributed by atoms with Gasteiger partial charge < -0.3 is 15.5 Å². The molecule has 2 N–H and O–H groups in total. The van der Waals surface area contributed by atoms with E-state index >= 15 is 0 Å². The van der Waals surface area contributed by atoms with Crippen LogP contribution in [-0.2, 0) is 23.7 Å². The zero-order valence-corrected chi connectivity index (χ0v) is 21.9. The Kier molecular flexibility index (Phi) is 8.69. The number of carbonyl (C=O) groups excluding carboxylic acids is 1. The Bertz CT molecular complexity index is 1300. The van der Waals surface area contributed by atoms with E-state index in [-0.39, 0.29) is 18.4 Å². The maximum Gasteiger partial charge on any atom is 0.421 e. The second-order valence-corrected chi connectivity index (χ2v) is 9.58. The number of carbonyl (C=O) groups is 1. The van der Waals surface area contributed by atoms with Crippen molar-refractivity contribution in [2.75, 3.05) is 41.8 Å². The number of hydrogen-bond acceptors (Lipinski definition) is 7. The predicted molar refractivity (Wildman–Crippen MR) is 138 cm³/mol. The van der Waals surface area contributed by atoms with Gasteiger partial charge in [0.1, 0.15) is 28.2 Å². The van der Waals surface area contributed by atoms with E-state index < -0.39 is 28.5 Å². The molecule has 3 aromatic rings. The van der Waals surface area contributed by atoms with Gasteiger partial charge in [-0.05, 0) is 37.6 Å². The number of benzene rings is 1. The maximum atomic E-state index is 13.7. The third kappa shape index (κ3) is 6.73. The van der Waals surface area contributed by atoms with Gasteiger partial charge in [0.2, 0.25) is 5.95 Å². The van der Waals surface area contributed by atoms with Gasteiger partial charge in [-0.3, -0.25) is 9.10 Å². The largest absolute Gasteiger partial charge is 0.421 e. The van der Waals surface area contributed by atoms with Crippen molar-refractivity contribution in [1.82, 2.24) is 19.9 Å². The first kappa shape index (κ1) is 27.8. The van der Waals surface area contributed by atoms with Gasteiger partial charge in [-0.1, -0.05) is 12.1 Å². The molecule has 0 aliphatic heterocycles. The van der Waals surface area contributed by atoms with E-state index in [1.165, 1.54) is 16.8 Å². The summed E-state index contributed by atoms with van der Waals surface area (Å²) in [5.41, 5.74) is 1.15. The molecule has 13 heteroatoms. The summed E-state index contributed by atoms with van der Waals surface area (Å²) in [5, 5.41) is 5.65. The SMILES string of the molecule is CCN(C)C(=O)c1ccc(C)c(Nc2ncc(C(F)(F)F)c(NCc3cccnc3N(C)S(C)=O)n2)c1. The number of anilines is 4. The summed E-state index contributed by atoms with van der Waals surface area (Å²) in [7, 11) is 1.88. The zero-order chi connectivity index (χ0) is 27.3. The third-order valence-electron chi connectivity index (χ3n) is 5.64. The molecule has 1 aromatic carbocycles. The number of pyridine rings is 1. The highest BCUT2D eigenvalue weighted by molar-refractivity contribution is 7.85. The van der Waals surface area contributed by atoms with Crippen molar-refractivity contribution in [3.63, 3.8) is 0 Å². The minimum Gasteiger partial charge on any atom is -0.365 e. The predicted octanol–water partition coefficient (Wildman–Crippen LogP) is 4.38. The molecule has 2 aromatic heterocycles. The summed E-state index contributed by atoms with van der Waals surface area (Å²) in [6.45, 7) is 4.11. The molecular formula is C24H28F3N7O2S. The molecule has 0 aliphatic rings. The lowest BCUT2D eigenvalue weighted by Crippen LogP contribution is -2.26. The molecule has 9 nitrogen and oxygen atoms in total. The first-order valence-electron chi connectivity index (χ1n) is 11.2. The Hall–Kier alpha value is -3.74. The van der Waals surface area contributed by atoms with Crippen LogP contribution in [0.2, 0.25) is 0 Å². The fourth-order valence-corrected chi connectivity index (χ4v) is 3.72. The van der Waals surface area contributed by atoms with E-state index in [4.69, 9.17) is 0 Å². The van der Waals surface area contributed by atoms with Crippen LogP contribution in [0.4, 0.5) is 36.4 Å². The molecule has 2 heterocycles. The maximum absolute atomic E-state index is 13.7. The fourth-order valence-electron chi connectivity index (χ4n) is 3.31. The van der Waals surface area contributed by atoms with Crippen LogP contribution in [0.1, 0.15) is 34.0 Å². The van der Waals surface area contributed by atoms with E-state index in [2.05, 4.69) is 25.6 Å². The summed E-state index contributed by atoms with van der Waals surface area (Å²) >= 11 is 0. The number of aryl methyl sites for hydroxylation is 1.